The third-order valence-electron chi connectivity index (χ3n) is 3.16. The van der Waals surface area contributed by atoms with E-state index in [0.717, 1.165) is 0 Å². The highest BCUT2D eigenvalue weighted by molar-refractivity contribution is 6.07. The standard InChI is InChI=1S/C17H18N2O5/c1-3-23-12-9-10-14(15(11-12)19(21)22)18-17(20)13-7-5-6-8-16(13)24-4-2/h5-11H,3-4H2,1-2H3,(H,18,20). The van der Waals surface area contributed by atoms with Gasteiger partial charge < -0.3 is 14.8 Å². The number of nitrogens with one attached hydrogen (secondary N) is 1. The van der Waals surface area contributed by atoms with Crippen molar-refractivity contribution >= 4 is 17.3 Å². The number of ether oxygens (including phenoxy) is 2. The maximum Gasteiger partial charge on any atom is 0.296 e. The molecule has 2 rings (SSSR count). The molecule has 7 heteroatoms. The Hall–Kier alpha value is -3.09. The first-order valence-electron chi connectivity index (χ1n) is 7.51. The molecule has 0 bridgehead atoms. The van der Waals surface area contributed by atoms with Crippen LogP contribution < -0.4 is 14.8 Å². The summed E-state index contributed by atoms with van der Waals surface area (Å²) in [4.78, 5) is 23.1. The zero-order valence-corrected chi connectivity index (χ0v) is 13.4. The van der Waals surface area contributed by atoms with Crippen molar-refractivity contribution in [1.82, 2.24) is 0 Å². The predicted octanol–water partition coefficient (Wildman–Crippen LogP) is 3.64. The number of carbonyl (C=O) groups excluding carboxylic acids is 1. The fourth-order valence-corrected chi connectivity index (χ4v) is 2.15. The number of benzene rings is 2. The second-order valence-corrected chi connectivity index (χ2v) is 4.75. The Morgan fingerprint density at radius 2 is 1.83 bits per heavy atom. The Morgan fingerprint density at radius 1 is 1.12 bits per heavy atom. The van der Waals surface area contributed by atoms with Gasteiger partial charge in [-0.3, -0.25) is 14.9 Å². The van der Waals surface area contributed by atoms with Gasteiger partial charge in [0.1, 0.15) is 17.2 Å². The minimum atomic E-state index is -0.563. The summed E-state index contributed by atoms with van der Waals surface area (Å²) in [5, 5.41) is 13.8. The molecular weight excluding hydrogens is 312 g/mol. The lowest BCUT2D eigenvalue weighted by Crippen LogP contribution is -2.14. The van der Waals surface area contributed by atoms with Crippen LogP contribution in [-0.4, -0.2) is 24.0 Å². The van der Waals surface area contributed by atoms with Gasteiger partial charge in [0.05, 0.1) is 29.8 Å². The smallest absolute Gasteiger partial charge is 0.296 e. The maximum atomic E-state index is 12.5. The number of rotatable bonds is 7. The monoisotopic (exact) mass is 330 g/mol. The Bertz CT molecular complexity index is 746. The number of hydrogen-bond acceptors (Lipinski definition) is 5. The number of nitro groups is 1. The van der Waals surface area contributed by atoms with Crippen molar-refractivity contribution in [1.29, 1.82) is 0 Å². The number of amides is 1. The van der Waals surface area contributed by atoms with E-state index in [2.05, 4.69) is 5.32 Å². The molecule has 1 N–H and O–H groups in total. The molecule has 2 aromatic rings. The van der Waals surface area contributed by atoms with Crippen molar-refractivity contribution < 1.29 is 19.2 Å². The summed E-state index contributed by atoms with van der Waals surface area (Å²) in [6, 6.07) is 11.0. The van der Waals surface area contributed by atoms with Crippen LogP contribution in [0, 0.1) is 10.1 Å². The minimum absolute atomic E-state index is 0.0970. The molecule has 0 fully saturated rings. The summed E-state index contributed by atoms with van der Waals surface area (Å²) in [5.74, 6) is 0.314. The van der Waals surface area contributed by atoms with E-state index in [4.69, 9.17) is 9.47 Å². The molecule has 0 saturated heterocycles. The SMILES string of the molecule is CCOc1ccc(NC(=O)c2ccccc2OCC)c([N+](=O)[O-])c1. The van der Waals surface area contributed by atoms with Crippen LogP contribution in [0.5, 0.6) is 11.5 Å². The van der Waals surface area contributed by atoms with Crippen molar-refractivity contribution in [2.45, 2.75) is 13.8 Å². The van der Waals surface area contributed by atoms with E-state index < -0.39 is 10.8 Å². The molecular formula is C17H18N2O5. The number of anilines is 1. The van der Waals surface area contributed by atoms with Crippen molar-refractivity contribution in [2.24, 2.45) is 0 Å². The first kappa shape index (κ1) is 17.3. The topological polar surface area (TPSA) is 90.7 Å². The molecule has 0 aliphatic carbocycles. The Kier molecular flexibility index (Phi) is 5.73. The third kappa shape index (κ3) is 4.01. The quantitative estimate of drug-likeness (QED) is 0.618. The van der Waals surface area contributed by atoms with Crippen LogP contribution in [0.15, 0.2) is 42.5 Å². The van der Waals surface area contributed by atoms with Crippen molar-refractivity contribution in [3.63, 3.8) is 0 Å². The Morgan fingerprint density at radius 3 is 2.50 bits per heavy atom. The molecule has 7 nitrogen and oxygen atoms in total. The molecule has 0 unspecified atom stereocenters. The molecule has 0 heterocycles. The second-order valence-electron chi connectivity index (χ2n) is 4.75. The molecule has 0 aromatic heterocycles. The lowest BCUT2D eigenvalue weighted by molar-refractivity contribution is -0.384. The van der Waals surface area contributed by atoms with Crippen molar-refractivity contribution in [3.05, 3.63) is 58.1 Å². The Balaban J connectivity index is 2.30. The summed E-state index contributed by atoms with van der Waals surface area (Å²) in [7, 11) is 0. The van der Waals surface area contributed by atoms with E-state index in [1.165, 1.54) is 12.1 Å². The van der Waals surface area contributed by atoms with Crippen LogP contribution in [0.25, 0.3) is 0 Å². The van der Waals surface area contributed by atoms with E-state index >= 15 is 0 Å². The molecule has 0 saturated carbocycles. The van der Waals surface area contributed by atoms with E-state index in [1.807, 2.05) is 6.92 Å². The predicted molar refractivity (Wildman–Crippen MR) is 89.8 cm³/mol. The van der Waals surface area contributed by atoms with E-state index in [-0.39, 0.29) is 11.4 Å². The normalized spacial score (nSPS) is 10.1. The summed E-state index contributed by atoms with van der Waals surface area (Å²) < 4.78 is 10.7. The van der Waals surface area contributed by atoms with Gasteiger partial charge in [-0.15, -0.1) is 0 Å². The van der Waals surface area contributed by atoms with Crippen LogP contribution in [0.3, 0.4) is 0 Å². The molecule has 0 spiro atoms. The zero-order valence-electron chi connectivity index (χ0n) is 13.4. The van der Waals surface area contributed by atoms with Gasteiger partial charge in [-0.2, -0.15) is 0 Å². The number of nitro benzene ring substituents is 1. The molecule has 0 radical (unpaired) electrons. The first-order valence-corrected chi connectivity index (χ1v) is 7.51. The summed E-state index contributed by atoms with van der Waals surface area (Å²) >= 11 is 0. The van der Waals surface area contributed by atoms with E-state index in [0.29, 0.717) is 30.3 Å². The minimum Gasteiger partial charge on any atom is -0.494 e. The molecule has 126 valence electrons. The molecule has 2 aromatic carbocycles. The van der Waals surface area contributed by atoms with Gasteiger partial charge in [-0.05, 0) is 38.1 Å². The number of carbonyl (C=O) groups is 1. The van der Waals surface area contributed by atoms with Gasteiger partial charge in [0.15, 0.2) is 0 Å². The highest BCUT2D eigenvalue weighted by atomic mass is 16.6. The number of nitrogens with zero attached hydrogens (tertiary/aromatic N) is 1. The number of hydrogen-bond donors (Lipinski definition) is 1. The van der Waals surface area contributed by atoms with Crippen LogP contribution in [-0.2, 0) is 0 Å². The largest absolute Gasteiger partial charge is 0.494 e. The average Bonchev–Trinajstić information content (AvgIpc) is 2.57. The average molecular weight is 330 g/mol. The van der Waals surface area contributed by atoms with Crippen molar-refractivity contribution in [3.8, 4) is 11.5 Å². The van der Waals surface area contributed by atoms with Crippen LogP contribution >= 0.6 is 0 Å². The zero-order chi connectivity index (χ0) is 17.5. The van der Waals surface area contributed by atoms with Gasteiger partial charge in [0.2, 0.25) is 0 Å². The van der Waals surface area contributed by atoms with Gasteiger partial charge in [-0.1, -0.05) is 12.1 Å². The molecule has 0 aliphatic heterocycles. The third-order valence-corrected chi connectivity index (χ3v) is 3.16. The fraction of sp³-hybridized carbons (Fsp3) is 0.235. The van der Waals surface area contributed by atoms with Gasteiger partial charge in [0, 0.05) is 0 Å². The summed E-state index contributed by atoms with van der Waals surface area (Å²) in [5.41, 5.74) is 0.172. The summed E-state index contributed by atoms with van der Waals surface area (Å²) in [6.45, 7) is 4.40. The molecule has 24 heavy (non-hydrogen) atoms. The highest BCUT2D eigenvalue weighted by Crippen LogP contribution is 2.30. The molecule has 1 amide bonds. The molecule has 0 atom stereocenters. The lowest BCUT2D eigenvalue weighted by atomic mass is 10.1. The van der Waals surface area contributed by atoms with E-state index in [9.17, 15) is 14.9 Å². The maximum absolute atomic E-state index is 12.5. The van der Waals surface area contributed by atoms with Gasteiger partial charge in [-0.25, -0.2) is 0 Å². The number of para-hydroxylation sites is 1. The van der Waals surface area contributed by atoms with Gasteiger partial charge in [0.25, 0.3) is 11.6 Å². The van der Waals surface area contributed by atoms with Crippen molar-refractivity contribution in [2.75, 3.05) is 18.5 Å². The van der Waals surface area contributed by atoms with Gasteiger partial charge >= 0.3 is 0 Å². The molecule has 0 aliphatic rings. The van der Waals surface area contributed by atoms with Crippen LogP contribution in [0.4, 0.5) is 11.4 Å². The summed E-state index contributed by atoms with van der Waals surface area (Å²) in [6.07, 6.45) is 0. The first-order chi connectivity index (χ1) is 11.6. The van der Waals surface area contributed by atoms with E-state index in [1.54, 1.807) is 37.3 Å². The van der Waals surface area contributed by atoms with Crippen LogP contribution in [0.1, 0.15) is 24.2 Å². The lowest BCUT2D eigenvalue weighted by Gasteiger charge is -2.11. The fourth-order valence-electron chi connectivity index (χ4n) is 2.15. The highest BCUT2D eigenvalue weighted by Gasteiger charge is 2.19. The van der Waals surface area contributed by atoms with Crippen LogP contribution in [0.2, 0.25) is 0 Å². The second kappa shape index (κ2) is 7.96. The Labute approximate surface area is 139 Å².